The summed E-state index contributed by atoms with van der Waals surface area (Å²) in [5, 5.41) is 43.7. The number of carbonyl (C=O) groups excluding carboxylic acids is 1. The van der Waals surface area contributed by atoms with Gasteiger partial charge in [-0.2, -0.15) is 0 Å². The maximum absolute atomic E-state index is 10.9. The molecular formula is C16H30O11. The van der Waals surface area contributed by atoms with Crippen LogP contribution in [0.4, 0.5) is 0 Å². The molecule has 0 aliphatic carbocycles. The summed E-state index contributed by atoms with van der Waals surface area (Å²) in [7, 11) is 0.928. The van der Waals surface area contributed by atoms with E-state index in [1.54, 1.807) is 13.8 Å². The Morgan fingerprint density at radius 1 is 0.926 bits per heavy atom. The number of hydrogen-bond acceptors (Lipinski definition) is 9. The largest absolute Gasteiger partial charge is 0.481 e. The fraction of sp³-hybridized carbons (Fsp3) is 0.812. The van der Waals surface area contributed by atoms with Crippen LogP contribution in [0.15, 0.2) is 0 Å². The van der Waals surface area contributed by atoms with Crippen LogP contribution < -0.4 is 0 Å². The van der Waals surface area contributed by atoms with E-state index < -0.39 is 42.5 Å². The smallest absolute Gasteiger partial charge is 0.339 e. The number of carbonyl (C=O) groups is 3. The number of aliphatic hydroxyl groups is 3. The third-order valence-corrected chi connectivity index (χ3v) is 2.95. The van der Waals surface area contributed by atoms with Gasteiger partial charge in [0.1, 0.15) is 0 Å². The summed E-state index contributed by atoms with van der Waals surface area (Å²) in [6.45, 7) is 6.10. The molecule has 0 saturated carbocycles. The number of aliphatic carboxylic acids is 2. The highest BCUT2D eigenvalue weighted by Crippen LogP contribution is 2.17. The zero-order chi connectivity index (χ0) is 21.6. The fourth-order valence-electron chi connectivity index (χ4n) is 1.60. The Kier molecular flexibility index (Phi) is 14.5. The molecule has 0 fully saturated rings. The van der Waals surface area contributed by atoms with Crippen molar-refractivity contribution in [1.82, 2.24) is 0 Å². The van der Waals surface area contributed by atoms with Crippen LogP contribution in [0.1, 0.15) is 33.6 Å². The standard InChI is InChI=1S/C9H20O4.C7H10O7/c1-7(11)5-12-9(3)6-13-8(2)4-10;1-14-6(12)7(13,2-4(8)9)3-5(10)11/h7-11H,4-6H2,1-3H3;13H,2-3H2,1H3,(H,8,9)(H,10,11). The van der Waals surface area contributed by atoms with Gasteiger partial charge in [-0.25, -0.2) is 4.79 Å². The lowest BCUT2D eigenvalue weighted by Gasteiger charge is -2.20. The van der Waals surface area contributed by atoms with Gasteiger partial charge in [-0.15, -0.1) is 0 Å². The molecule has 3 atom stereocenters. The number of ether oxygens (including phenoxy) is 3. The Balaban J connectivity index is 0. The summed E-state index contributed by atoms with van der Waals surface area (Å²) < 4.78 is 14.6. The van der Waals surface area contributed by atoms with E-state index in [9.17, 15) is 19.5 Å². The number of rotatable bonds is 12. The van der Waals surface area contributed by atoms with Crippen molar-refractivity contribution in [2.45, 2.75) is 57.5 Å². The van der Waals surface area contributed by atoms with Gasteiger partial charge in [0.2, 0.25) is 0 Å². The van der Waals surface area contributed by atoms with Crippen LogP contribution in [0.2, 0.25) is 0 Å². The van der Waals surface area contributed by atoms with E-state index in [0.29, 0.717) is 13.2 Å². The maximum Gasteiger partial charge on any atom is 0.339 e. The third kappa shape index (κ3) is 15.0. The molecule has 160 valence electrons. The van der Waals surface area contributed by atoms with Crippen molar-refractivity contribution in [3.05, 3.63) is 0 Å². The van der Waals surface area contributed by atoms with Crippen molar-refractivity contribution < 1.29 is 54.1 Å². The molecular weight excluding hydrogens is 368 g/mol. The first kappa shape index (κ1) is 27.4. The van der Waals surface area contributed by atoms with E-state index in [1.165, 1.54) is 0 Å². The van der Waals surface area contributed by atoms with E-state index in [-0.39, 0.29) is 18.8 Å². The van der Waals surface area contributed by atoms with Crippen LogP contribution in [0.25, 0.3) is 0 Å². The molecule has 0 saturated heterocycles. The van der Waals surface area contributed by atoms with E-state index in [1.807, 2.05) is 6.92 Å². The van der Waals surface area contributed by atoms with Gasteiger partial charge in [0, 0.05) is 0 Å². The van der Waals surface area contributed by atoms with Crippen molar-refractivity contribution in [2.75, 3.05) is 26.9 Å². The van der Waals surface area contributed by atoms with Gasteiger partial charge in [0.05, 0.1) is 58.1 Å². The number of carboxylic acids is 2. The minimum absolute atomic E-state index is 0.0170. The Morgan fingerprint density at radius 3 is 1.70 bits per heavy atom. The lowest BCUT2D eigenvalue weighted by atomic mass is 9.96. The van der Waals surface area contributed by atoms with Crippen LogP contribution in [-0.4, -0.2) is 94.3 Å². The van der Waals surface area contributed by atoms with Crippen LogP contribution >= 0.6 is 0 Å². The van der Waals surface area contributed by atoms with Crippen molar-refractivity contribution in [3.63, 3.8) is 0 Å². The molecule has 27 heavy (non-hydrogen) atoms. The van der Waals surface area contributed by atoms with Gasteiger partial charge in [-0.05, 0) is 20.8 Å². The van der Waals surface area contributed by atoms with E-state index >= 15 is 0 Å². The first-order valence-corrected chi connectivity index (χ1v) is 8.14. The Labute approximate surface area is 157 Å². The molecule has 0 rings (SSSR count). The first-order chi connectivity index (χ1) is 12.4. The van der Waals surface area contributed by atoms with Gasteiger partial charge < -0.3 is 39.7 Å². The Morgan fingerprint density at radius 2 is 1.37 bits per heavy atom. The minimum Gasteiger partial charge on any atom is -0.481 e. The summed E-state index contributed by atoms with van der Waals surface area (Å²) >= 11 is 0. The molecule has 0 aliphatic rings. The Bertz CT molecular complexity index is 434. The topological polar surface area (TPSA) is 180 Å². The molecule has 11 nitrogen and oxygen atoms in total. The molecule has 0 radical (unpaired) electrons. The van der Waals surface area contributed by atoms with Crippen molar-refractivity contribution in [1.29, 1.82) is 0 Å². The summed E-state index contributed by atoms with van der Waals surface area (Å²) in [5.74, 6) is -4.25. The zero-order valence-corrected chi connectivity index (χ0v) is 16.0. The van der Waals surface area contributed by atoms with E-state index in [0.717, 1.165) is 7.11 Å². The number of hydrogen-bond donors (Lipinski definition) is 5. The highest BCUT2D eigenvalue weighted by atomic mass is 16.5. The molecule has 0 aromatic rings. The van der Waals surface area contributed by atoms with Gasteiger partial charge >= 0.3 is 17.9 Å². The molecule has 0 amide bonds. The second-order valence-corrected chi connectivity index (χ2v) is 5.98. The van der Waals surface area contributed by atoms with Gasteiger partial charge in [0.15, 0.2) is 5.60 Å². The first-order valence-electron chi connectivity index (χ1n) is 8.14. The average molecular weight is 398 g/mol. The average Bonchev–Trinajstić information content (AvgIpc) is 2.55. The van der Waals surface area contributed by atoms with Crippen molar-refractivity contribution in [3.8, 4) is 0 Å². The quantitative estimate of drug-likeness (QED) is 0.255. The van der Waals surface area contributed by atoms with E-state index in [2.05, 4.69) is 4.74 Å². The maximum atomic E-state index is 10.9. The van der Waals surface area contributed by atoms with E-state index in [4.69, 9.17) is 29.9 Å². The molecule has 0 heterocycles. The molecule has 11 heteroatoms. The van der Waals surface area contributed by atoms with Crippen LogP contribution in [0.5, 0.6) is 0 Å². The van der Waals surface area contributed by atoms with Gasteiger partial charge in [0.25, 0.3) is 0 Å². The lowest BCUT2D eigenvalue weighted by Crippen LogP contribution is -2.43. The number of esters is 1. The summed E-state index contributed by atoms with van der Waals surface area (Å²) in [4.78, 5) is 31.4. The van der Waals surface area contributed by atoms with Crippen LogP contribution in [0.3, 0.4) is 0 Å². The minimum atomic E-state index is -2.51. The highest BCUT2D eigenvalue weighted by molar-refractivity contribution is 5.89. The number of aliphatic hydroxyl groups excluding tert-OH is 2. The molecule has 0 aromatic heterocycles. The van der Waals surface area contributed by atoms with Crippen LogP contribution in [-0.2, 0) is 28.6 Å². The van der Waals surface area contributed by atoms with Crippen LogP contribution in [0, 0.1) is 0 Å². The van der Waals surface area contributed by atoms with Crippen molar-refractivity contribution in [2.24, 2.45) is 0 Å². The predicted octanol–water partition coefficient (Wildman–Crippen LogP) is -0.990. The molecule has 0 aliphatic heterocycles. The lowest BCUT2D eigenvalue weighted by molar-refractivity contribution is -0.173. The molecule has 3 unspecified atom stereocenters. The summed E-state index contributed by atoms with van der Waals surface area (Å²) in [5.41, 5.74) is -2.51. The second kappa shape index (κ2) is 14.3. The molecule has 0 bridgehead atoms. The molecule has 0 spiro atoms. The monoisotopic (exact) mass is 398 g/mol. The number of carboxylic acid groups (broad SMARTS) is 2. The third-order valence-electron chi connectivity index (χ3n) is 2.95. The normalized spacial score (nSPS) is 14.3. The summed E-state index contributed by atoms with van der Waals surface area (Å²) in [6, 6.07) is 0. The SMILES string of the molecule is CC(O)COC(C)COC(C)CO.COC(=O)C(O)(CC(=O)O)CC(=O)O. The fourth-order valence-corrected chi connectivity index (χ4v) is 1.60. The molecule has 5 N–H and O–H groups in total. The predicted molar refractivity (Wildman–Crippen MR) is 91.1 cm³/mol. The Hall–Kier alpha value is -1.79. The molecule has 0 aromatic carbocycles. The number of methoxy groups -OCH3 is 1. The highest BCUT2D eigenvalue weighted by Gasteiger charge is 2.41. The van der Waals surface area contributed by atoms with Crippen molar-refractivity contribution >= 4 is 17.9 Å². The summed E-state index contributed by atoms with van der Waals surface area (Å²) in [6.07, 6.45) is -2.67. The second-order valence-electron chi connectivity index (χ2n) is 5.98. The zero-order valence-electron chi connectivity index (χ0n) is 16.0. The van der Waals surface area contributed by atoms with Gasteiger partial charge in [-0.1, -0.05) is 0 Å². The van der Waals surface area contributed by atoms with Gasteiger partial charge in [-0.3, -0.25) is 9.59 Å².